The van der Waals surface area contributed by atoms with Crippen molar-refractivity contribution < 1.29 is 13.1 Å². The molecule has 2 aliphatic rings. The first-order valence-corrected chi connectivity index (χ1v) is 16.7. The van der Waals surface area contributed by atoms with Crippen LogP contribution in [-0.2, 0) is 17.4 Å². The third-order valence-corrected chi connectivity index (χ3v) is 15.1. The van der Waals surface area contributed by atoms with E-state index >= 15 is 0 Å². The minimum Gasteiger partial charge on any atom is -0.303 e. The highest BCUT2D eigenvalue weighted by Gasteiger charge is 2.50. The SMILES string of the molecule is CC1=C(C)C(C)(P(NCc2ccc(F)cc2)OP(NCc2ccc(F)cc2)C2(C)C(C)=C(C)C(C)=C2C)C(C)=C1C. The average Bonchev–Trinajstić information content (AvgIpc) is 3.21. The lowest BCUT2D eigenvalue weighted by Crippen LogP contribution is -2.35. The van der Waals surface area contributed by atoms with Crippen molar-refractivity contribution in [3.8, 4) is 0 Å². The van der Waals surface area contributed by atoms with Crippen LogP contribution in [0.5, 0.6) is 0 Å². The minimum atomic E-state index is -1.25. The van der Waals surface area contributed by atoms with Crippen molar-refractivity contribution in [2.24, 2.45) is 0 Å². The number of benzene rings is 2. The first-order valence-electron chi connectivity index (χ1n) is 14.2. The van der Waals surface area contributed by atoms with E-state index in [1.165, 1.54) is 68.9 Å². The molecule has 0 spiro atoms. The Bertz CT molecular complexity index is 1280. The smallest absolute Gasteiger partial charge is 0.123 e. The van der Waals surface area contributed by atoms with Crippen LogP contribution in [0.1, 0.15) is 80.4 Å². The molecule has 0 saturated heterocycles. The molecule has 220 valence electrons. The molecule has 4 rings (SSSR count). The average molecular weight is 597 g/mol. The third-order valence-electron chi connectivity index (χ3n) is 9.95. The molecule has 2 unspecified atom stereocenters. The van der Waals surface area contributed by atoms with Gasteiger partial charge >= 0.3 is 0 Å². The van der Waals surface area contributed by atoms with E-state index in [1.54, 1.807) is 0 Å². The van der Waals surface area contributed by atoms with Gasteiger partial charge in [-0.2, -0.15) is 0 Å². The van der Waals surface area contributed by atoms with E-state index in [-0.39, 0.29) is 21.9 Å². The molecule has 0 bridgehead atoms. The molecule has 2 aliphatic carbocycles. The number of nitrogens with one attached hydrogen (secondary N) is 2. The molecular weight excluding hydrogens is 552 g/mol. The zero-order chi connectivity index (χ0) is 30.3. The van der Waals surface area contributed by atoms with E-state index in [2.05, 4.69) is 79.4 Å². The van der Waals surface area contributed by atoms with E-state index in [4.69, 9.17) is 4.31 Å². The fourth-order valence-corrected chi connectivity index (χ4v) is 11.5. The molecule has 2 aromatic carbocycles. The summed E-state index contributed by atoms with van der Waals surface area (Å²) in [4.78, 5) is 0. The number of hydrogen-bond acceptors (Lipinski definition) is 3. The monoisotopic (exact) mass is 596 g/mol. The first kappa shape index (κ1) is 31.9. The summed E-state index contributed by atoms with van der Waals surface area (Å²) in [6.45, 7) is 23.4. The maximum absolute atomic E-state index is 13.7. The highest BCUT2D eigenvalue weighted by atomic mass is 31.2. The summed E-state index contributed by atoms with van der Waals surface area (Å²) in [5, 5.41) is 7.01. The largest absolute Gasteiger partial charge is 0.303 e. The highest BCUT2D eigenvalue weighted by molar-refractivity contribution is 7.66. The van der Waals surface area contributed by atoms with Gasteiger partial charge < -0.3 is 4.31 Å². The van der Waals surface area contributed by atoms with E-state index in [0.29, 0.717) is 13.1 Å². The van der Waals surface area contributed by atoms with Crippen molar-refractivity contribution in [1.29, 1.82) is 0 Å². The van der Waals surface area contributed by atoms with E-state index in [9.17, 15) is 8.78 Å². The fourth-order valence-electron chi connectivity index (χ4n) is 5.91. The van der Waals surface area contributed by atoms with Crippen molar-refractivity contribution in [1.82, 2.24) is 10.2 Å². The fraction of sp³-hybridized carbons (Fsp3) is 0.412. The van der Waals surface area contributed by atoms with Gasteiger partial charge in [0.15, 0.2) is 0 Å². The highest BCUT2D eigenvalue weighted by Crippen LogP contribution is 2.70. The van der Waals surface area contributed by atoms with Gasteiger partial charge in [0.25, 0.3) is 0 Å². The molecule has 0 heterocycles. The minimum absolute atomic E-state index is 0.239. The zero-order valence-electron chi connectivity index (χ0n) is 26.1. The Morgan fingerprint density at radius 3 is 1.07 bits per heavy atom. The molecule has 0 saturated carbocycles. The van der Waals surface area contributed by atoms with Gasteiger partial charge in [-0.3, -0.25) is 10.2 Å². The molecule has 0 radical (unpaired) electrons. The van der Waals surface area contributed by atoms with Gasteiger partial charge in [0.05, 0.1) is 10.3 Å². The Hall–Kier alpha value is -2.00. The summed E-state index contributed by atoms with van der Waals surface area (Å²) >= 11 is 0. The van der Waals surface area contributed by atoms with Crippen LogP contribution >= 0.6 is 16.6 Å². The molecule has 0 amide bonds. The lowest BCUT2D eigenvalue weighted by molar-refractivity contribution is 0.578. The molecule has 0 aliphatic heterocycles. The molecule has 0 aromatic heterocycles. The molecule has 2 atom stereocenters. The summed E-state index contributed by atoms with van der Waals surface area (Å²) < 4.78 is 34.7. The van der Waals surface area contributed by atoms with Crippen LogP contribution < -0.4 is 10.2 Å². The zero-order valence-corrected chi connectivity index (χ0v) is 27.9. The van der Waals surface area contributed by atoms with E-state index in [1.807, 2.05) is 24.3 Å². The van der Waals surface area contributed by atoms with E-state index in [0.717, 1.165) is 11.1 Å². The van der Waals surface area contributed by atoms with Gasteiger partial charge in [0.2, 0.25) is 0 Å². The molecular formula is C34H44F2N2OP2. The molecule has 2 aromatic rings. The van der Waals surface area contributed by atoms with Crippen molar-refractivity contribution in [2.75, 3.05) is 0 Å². The molecule has 7 heteroatoms. The molecule has 0 fully saturated rings. The van der Waals surface area contributed by atoms with Crippen LogP contribution in [0.3, 0.4) is 0 Å². The second kappa shape index (κ2) is 12.3. The van der Waals surface area contributed by atoms with Crippen LogP contribution in [0.2, 0.25) is 0 Å². The van der Waals surface area contributed by atoms with Crippen LogP contribution in [0.25, 0.3) is 0 Å². The third kappa shape index (κ3) is 5.82. The van der Waals surface area contributed by atoms with Gasteiger partial charge in [0.1, 0.15) is 28.2 Å². The van der Waals surface area contributed by atoms with Crippen LogP contribution in [0, 0.1) is 11.6 Å². The number of rotatable bonds is 10. The number of hydrogen-bond donors (Lipinski definition) is 2. The quantitative estimate of drug-likeness (QED) is 0.268. The van der Waals surface area contributed by atoms with Gasteiger partial charge in [-0.05, 0) is 127 Å². The van der Waals surface area contributed by atoms with Crippen molar-refractivity contribution in [3.05, 3.63) is 116 Å². The second-order valence-electron chi connectivity index (χ2n) is 11.7. The summed E-state index contributed by atoms with van der Waals surface area (Å²) in [6.07, 6.45) is 0. The first-order chi connectivity index (χ1) is 19.2. The molecule has 3 nitrogen and oxygen atoms in total. The summed E-state index contributed by atoms with van der Waals surface area (Å²) in [5.41, 5.74) is 12.6. The maximum Gasteiger partial charge on any atom is 0.123 e. The number of halogens is 2. The van der Waals surface area contributed by atoms with Crippen LogP contribution in [0.15, 0.2) is 93.1 Å². The Kier molecular flexibility index (Phi) is 9.59. The predicted molar refractivity (Wildman–Crippen MR) is 172 cm³/mol. The Morgan fingerprint density at radius 2 is 0.805 bits per heavy atom. The summed E-state index contributed by atoms with van der Waals surface area (Å²) in [7, 11) is -2.49. The van der Waals surface area contributed by atoms with Crippen molar-refractivity contribution >= 4 is 16.6 Å². The van der Waals surface area contributed by atoms with Gasteiger partial charge in [-0.15, -0.1) is 0 Å². The lowest BCUT2D eigenvalue weighted by atomic mass is 9.98. The summed E-state index contributed by atoms with van der Waals surface area (Å²) in [5.74, 6) is -0.478. The van der Waals surface area contributed by atoms with E-state index < -0.39 is 16.6 Å². The topological polar surface area (TPSA) is 33.3 Å². The van der Waals surface area contributed by atoms with Crippen molar-refractivity contribution in [2.45, 2.75) is 92.6 Å². The lowest BCUT2D eigenvalue weighted by Gasteiger charge is -2.44. The van der Waals surface area contributed by atoms with Gasteiger partial charge in [0, 0.05) is 13.1 Å². The van der Waals surface area contributed by atoms with Crippen LogP contribution in [-0.4, -0.2) is 10.3 Å². The molecule has 41 heavy (non-hydrogen) atoms. The number of allylic oxidation sites excluding steroid dienone is 8. The summed E-state index contributed by atoms with van der Waals surface area (Å²) in [6, 6.07) is 13.3. The Balaban J connectivity index is 1.76. The van der Waals surface area contributed by atoms with Crippen LogP contribution in [0.4, 0.5) is 8.78 Å². The molecule has 2 N–H and O–H groups in total. The van der Waals surface area contributed by atoms with Crippen molar-refractivity contribution in [3.63, 3.8) is 0 Å². The van der Waals surface area contributed by atoms with Gasteiger partial charge in [-0.25, -0.2) is 8.78 Å². The normalized spacial score (nSPS) is 20.0. The Labute approximate surface area is 248 Å². The standard InChI is InChI=1S/C34H44F2N2OP2/c1-21-22(2)26(6)33(9,25(21)5)40(37-19-29-11-15-31(35)16-12-29)39-41(38-20-30-13-17-32(36)18-14-30)34(10)27(7)23(3)24(4)28(34)8/h11-18,37-38H,19-20H2,1-10H3. The second-order valence-corrected chi connectivity index (χ2v) is 16.0. The predicted octanol–water partition coefficient (Wildman–Crippen LogP) is 10.4. The Morgan fingerprint density at radius 1 is 0.537 bits per heavy atom. The maximum atomic E-state index is 13.7. The van der Waals surface area contributed by atoms with Gasteiger partial charge in [-0.1, -0.05) is 46.6 Å².